The highest BCUT2D eigenvalue weighted by molar-refractivity contribution is 6.35. The van der Waals surface area contributed by atoms with Gasteiger partial charge in [0.15, 0.2) is 12.0 Å². The Morgan fingerprint density at radius 2 is 1.87 bits per heavy atom. The van der Waals surface area contributed by atoms with Gasteiger partial charge in [-0.2, -0.15) is 13.2 Å². The number of fused-ring (bicyclic) bond motifs is 1. The number of halogens is 3. The van der Waals surface area contributed by atoms with E-state index in [-0.39, 0.29) is 36.1 Å². The number of carbonyl (C=O) groups is 3. The molecule has 31 heavy (non-hydrogen) atoms. The van der Waals surface area contributed by atoms with Crippen LogP contribution in [-0.2, 0) is 23.9 Å². The predicted molar refractivity (Wildman–Crippen MR) is 97.9 cm³/mol. The third kappa shape index (κ3) is 4.05. The van der Waals surface area contributed by atoms with E-state index in [2.05, 4.69) is 19.9 Å². The van der Waals surface area contributed by atoms with Gasteiger partial charge in [0, 0.05) is 5.92 Å². The van der Waals surface area contributed by atoms with Crippen molar-refractivity contribution < 1.29 is 41.7 Å². The lowest BCUT2D eigenvalue weighted by Gasteiger charge is -2.31. The molecule has 12 heteroatoms. The standard InChI is InChI=1S/C19H16F3N3O6/c1-3-29-17(27)13-11(8-26)23-16(19(20,21)22)14(18(28)30-4-2)12(13)9-6-5-7-10-15(9)25-31-24-10/h5-8,12-13H,3-4H2,1-2H3. The van der Waals surface area contributed by atoms with Crippen LogP contribution in [0.4, 0.5) is 13.2 Å². The maximum Gasteiger partial charge on any atom is 0.433 e. The summed E-state index contributed by atoms with van der Waals surface area (Å²) in [5.74, 6) is -5.65. The molecule has 2 heterocycles. The van der Waals surface area contributed by atoms with Gasteiger partial charge in [-0.15, -0.1) is 0 Å². The molecule has 2 aromatic rings. The SMILES string of the molecule is CCOC(=O)C1=C(C(F)(F)F)N=C(C=O)C(C(=O)OCC)C1c1cccc2nonc12. The third-order valence-electron chi connectivity index (χ3n) is 4.54. The third-order valence-corrected chi connectivity index (χ3v) is 4.54. The molecule has 0 spiro atoms. The van der Waals surface area contributed by atoms with Gasteiger partial charge in [0.1, 0.15) is 17.0 Å². The number of nitrogens with zero attached hydrogens (tertiary/aromatic N) is 3. The highest BCUT2D eigenvalue weighted by atomic mass is 19.4. The molecule has 0 saturated heterocycles. The zero-order valence-corrected chi connectivity index (χ0v) is 16.3. The van der Waals surface area contributed by atoms with Crippen LogP contribution in [-0.4, -0.2) is 53.6 Å². The summed E-state index contributed by atoms with van der Waals surface area (Å²) in [5.41, 5.74) is -3.13. The molecule has 9 nitrogen and oxygen atoms in total. The van der Waals surface area contributed by atoms with E-state index in [9.17, 15) is 27.6 Å². The molecule has 0 amide bonds. The molecule has 1 aliphatic rings. The molecule has 1 aromatic carbocycles. The summed E-state index contributed by atoms with van der Waals surface area (Å²) in [7, 11) is 0. The average Bonchev–Trinajstić information content (AvgIpc) is 3.20. The van der Waals surface area contributed by atoms with Gasteiger partial charge >= 0.3 is 18.1 Å². The van der Waals surface area contributed by atoms with Crippen LogP contribution in [0.25, 0.3) is 11.0 Å². The largest absolute Gasteiger partial charge is 0.465 e. The van der Waals surface area contributed by atoms with Crippen LogP contribution in [0, 0.1) is 5.92 Å². The van der Waals surface area contributed by atoms with Gasteiger partial charge < -0.3 is 9.47 Å². The summed E-state index contributed by atoms with van der Waals surface area (Å²) in [4.78, 5) is 40.4. The predicted octanol–water partition coefficient (Wildman–Crippen LogP) is 2.52. The molecule has 2 atom stereocenters. The van der Waals surface area contributed by atoms with Crippen LogP contribution in [0.15, 0.2) is 39.1 Å². The van der Waals surface area contributed by atoms with Crippen molar-refractivity contribution in [2.45, 2.75) is 25.9 Å². The smallest absolute Gasteiger partial charge is 0.433 e. The molecule has 0 saturated carbocycles. The van der Waals surface area contributed by atoms with Crippen LogP contribution in [0.1, 0.15) is 25.3 Å². The summed E-state index contributed by atoms with van der Waals surface area (Å²) in [6.07, 6.45) is -5.09. The normalized spacial score (nSPS) is 19.2. The Labute approximate surface area is 172 Å². The van der Waals surface area contributed by atoms with Gasteiger partial charge in [-0.1, -0.05) is 12.1 Å². The Hall–Kier alpha value is -3.57. The van der Waals surface area contributed by atoms with E-state index in [1.807, 2.05) is 0 Å². The number of alkyl halides is 3. The molecule has 1 aromatic heterocycles. The Kier molecular flexibility index (Phi) is 6.18. The second-order valence-corrected chi connectivity index (χ2v) is 6.32. The Balaban J connectivity index is 2.39. The maximum absolute atomic E-state index is 13.9. The summed E-state index contributed by atoms with van der Waals surface area (Å²) >= 11 is 0. The minimum absolute atomic E-state index is 0.00384. The monoisotopic (exact) mass is 439 g/mol. The summed E-state index contributed by atoms with van der Waals surface area (Å²) in [6.45, 7) is 2.55. The van der Waals surface area contributed by atoms with Gasteiger partial charge in [0.05, 0.1) is 24.5 Å². The topological polar surface area (TPSA) is 121 Å². The fraction of sp³-hybridized carbons (Fsp3) is 0.368. The number of rotatable bonds is 6. The minimum atomic E-state index is -5.12. The zero-order chi connectivity index (χ0) is 22.8. The summed E-state index contributed by atoms with van der Waals surface area (Å²) < 4.78 is 56.1. The van der Waals surface area contributed by atoms with E-state index in [4.69, 9.17) is 9.47 Å². The van der Waals surface area contributed by atoms with Crippen molar-refractivity contribution in [1.82, 2.24) is 10.3 Å². The molecule has 0 bridgehead atoms. The number of esters is 2. The first-order valence-electron chi connectivity index (χ1n) is 9.14. The Morgan fingerprint density at radius 1 is 1.16 bits per heavy atom. The number of benzene rings is 1. The van der Waals surface area contributed by atoms with Crippen molar-refractivity contribution in [3.8, 4) is 0 Å². The number of carbonyl (C=O) groups excluding carboxylic acids is 3. The minimum Gasteiger partial charge on any atom is -0.465 e. The fourth-order valence-corrected chi connectivity index (χ4v) is 3.39. The van der Waals surface area contributed by atoms with Crippen molar-refractivity contribution in [3.05, 3.63) is 35.0 Å². The second kappa shape index (κ2) is 8.66. The van der Waals surface area contributed by atoms with E-state index in [0.717, 1.165) is 0 Å². The molecule has 164 valence electrons. The number of aldehydes is 1. The lowest BCUT2D eigenvalue weighted by molar-refractivity contribution is -0.147. The molecule has 1 aliphatic heterocycles. The van der Waals surface area contributed by atoms with Gasteiger partial charge in [-0.05, 0) is 35.8 Å². The zero-order valence-electron chi connectivity index (χ0n) is 16.3. The number of hydrogen-bond donors (Lipinski definition) is 0. The van der Waals surface area contributed by atoms with Crippen molar-refractivity contribution in [1.29, 1.82) is 0 Å². The van der Waals surface area contributed by atoms with Gasteiger partial charge in [0.25, 0.3) is 0 Å². The van der Waals surface area contributed by atoms with Crippen molar-refractivity contribution in [3.63, 3.8) is 0 Å². The number of hydrogen-bond acceptors (Lipinski definition) is 9. The van der Waals surface area contributed by atoms with E-state index < -0.39 is 46.9 Å². The average molecular weight is 439 g/mol. The first-order chi connectivity index (χ1) is 14.7. The number of aliphatic imine (C=N–C) groups is 1. The number of aromatic nitrogens is 2. The first kappa shape index (κ1) is 22.1. The molecular weight excluding hydrogens is 423 g/mol. The highest BCUT2D eigenvalue weighted by Gasteiger charge is 2.51. The lowest BCUT2D eigenvalue weighted by atomic mass is 9.75. The Bertz CT molecular complexity index is 1090. The van der Waals surface area contributed by atoms with E-state index >= 15 is 0 Å². The highest BCUT2D eigenvalue weighted by Crippen LogP contribution is 2.45. The molecule has 0 radical (unpaired) electrons. The summed E-state index contributed by atoms with van der Waals surface area (Å²) in [5, 5.41) is 7.33. The van der Waals surface area contributed by atoms with Gasteiger partial charge in [0.2, 0.25) is 0 Å². The van der Waals surface area contributed by atoms with Crippen LogP contribution in [0.5, 0.6) is 0 Å². The molecule has 2 unspecified atom stereocenters. The van der Waals surface area contributed by atoms with Crippen molar-refractivity contribution in [2.75, 3.05) is 13.2 Å². The first-order valence-corrected chi connectivity index (χ1v) is 9.14. The van der Waals surface area contributed by atoms with Crippen LogP contribution in [0.3, 0.4) is 0 Å². The van der Waals surface area contributed by atoms with Crippen molar-refractivity contribution in [2.24, 2.45) is 10.9 Å². The van der Waals surface area contributed by atoms with E-state index in [0.29, 0.717) is 0 Å². The van der Waals surface area contributed by atoms with E-state index in [1.54, 1.807) is 0 Å². The number of allylic oxidation sites excluding steroid dienone is 1. The molecular formula is C19H16F3N3O6. The van der Waals surface area contributed by atoms with E-state index in [1.165, 1.54) is 32.0 Å². The second-order valence-electron chi connectivity index (χ2n) is 6.32. The lowest BCUT2D eigenvalue weighted by Crippen LogP contribution is -2.40. The number of ether oxygens (including phenoxy) is 2. The molecule has 3 rings (SSSR count). The van der Waals surface area contributed by atoms with Crippen LogP contribution >= 0.6 is 0 Å². The van der Waals surface area contributed by atoms with Crippen LogP contribution in [0.2, 0.25) is 0 Å². The fourth-order valence-electron chi connectivity index (χ4n) is 3.39. The quantitative estimate of drug-likeness (QED) is 0.497. The van der Waals surface area contributed by atoms with Crippen molar-refractivity contribution >= 4 is 35.0 Å². The molecule has 0 N–H and O–H groups in total. The van der Waals surface area contributed by atoms with Gasteiger partial charge in [-0.25, -0.2) is 14.4 Å². The summed E-state index contributed by atoms with van der Waals surface area (Å²) in [6, 6.07) is 4.27. The van der Waals surface area contributed by atoms with Gasteiger partial charge in [-0.3, -0.25) is 9.59 Å². The maximum atomic E-state index is 13.9. The molecule has 0 aliphatic carbocycles. The Morgan fingerprint density at radius 3 is 2.48 bits per heavy atom. The van der Waals surface area contributed by atoms with Crippen LogP contribution < -0.4 is 0 Å². The molecule has 0 fully saturated rings.